The van der Waals surface area contributed by atoms with Crippen LogP contribution in [0.1, 0.15) is 13.8 Å². The first-order valence-electron chi connectivity index (χ1n) is 8.74. The van der Waals surface area contributed by atoms with E-state index in [2.05, 4.69) is 28.5 Å². The lowest BCUT2D eigenvalue weighted by Gasteiger charge is -2.36. The van der Waals surface area contributed by atoms with E-state index in [1.165, 1.54) is 23.1 Å². The van der Waals surface area contributed by atoms with E-state index in [4.69, 9.17) is 0 Å². The Morgan fingerprint density at radius 3 is 2.63 bits per heavy atom. The number of carbonyl (C=O) groups is 1. The van der Waals surface area contributed by atoms with Crippen LogP contribution >= 0.6 is 23.1 Å². The Bertz CT molecular complexity index is 919. The van der Waals surface area contributed by atoms with Gasteiger partial charge in [0.15, 0.2) is 4.34 Å². The highest BCUT2D eigenvalue weighted by molar-refractivity contribution is 8.01. The predicted molar refractivity (Wildman–Crippen MR) is 112 cm³/mol. The number of amides is 1. The molecule has 2 heterocycles. The van der Waals surface area contributed by atoms with E-state index in [1.807, 2.05) is 4.90 Å². The maximum absolute atomic E-state index is 12.5. The molecule has 3 rings (SSSR count). The molecule has 1 aromatic carbocycles. The van der Waals surface area contributed by atoms with E-state index in [0.717, 1.165) is 47.0 Å². The number of aromatic nitrogens is 1. The number of fused-ring (bicyclic) bond motifs is 1. The summed E-state index contributed by atoms with van der Waals surface area (Å²) in [6, 6.07) is 5.76. The summed E-state index contributed by atoms with van der Waals surface area (Å²) < 4.78 is 26.9. The lowest BCUT2D eigenvalue weighted by atomic mass is 10.2. The van der Waals surface area contributed by atoms with Gasteiger partial charge < -0.3 is 4.90 Å². The van der Waals surface area contributed by atoms with Gasteiger partial charge in [0.1, 0.15) is 0 Å². The molecule has 7 nitrogen and oxygen atoms in total. The summed E-state index contributed by atoms with van der Waals surface area (Å²) in [7, 11) is -3.31. The molecular weight excluding hydrogens is 404 g/mol. The lowest BCUT2D eigenvalue weighted by molar-refractivity contribution is -0.130. The molecule has 2 aromatic rings. The largest absolute Gasteiger partial charge is 0.339 e. The van der Waals surface area contributed by atoms with Gasteiger partial charge in [-0.3, -0.25) is 14.4 Å². The number of benzene rings is 1. The maximum Gasteiger partial charge on any atom is 0.233 e. The van der Waals surface area contributed by atoms with Crippen LogP contribution in [0.3, 0.4) is 0 Å². The molecule has 0 spiro atoms. The summed E-state index contributed by atoms with van der Waals surface area (Å²) in [5.41, 5.74) is 1.32. The Morgan fingerprint density at radius 1 is 1.30 bits per heavy atom. The van der Waals surface area contributed by atoms with Gasteiger partial charge >= 0.3 is 0 Å². The van der Waals surface area contributed by atoms with Gasteiger partial charge in [0.2, 0.25) is 15.9 Å². The van der Waals surface area contributed by atoms with Crippen LogP contribution in [0.2, 0.25) is 0 Å². The van der Waals surface area contributed by atoms with Crippen LogP contribution in [0.4, 0.5) is 5.69 Å². The highest BCUT2D eigenvalue weighted by Gasteiger charge is 2.22. The first kappa shape index (κ1) is 20.4. The number of sulfonamides is 1. The van der Waals surface area contributed by atoms with Crippen LogP contribution in [-0.2, 0) is 14.8 Å². The minimum Gasteiger partial charge on any atom is -0.339 e. The zero-order valence-electron chi connectivity index (χ0n) is 15.6. The average molecular weight is 429 g/mol. The number of nitrogens with zero attached hydrogens (tertiary/aromatic N) is 3. The topological polar surface area (TPSA) is 82.6 Å². The smallest absolute Gasteiger partial charge is 0.233 e. The number of carbonyl (C=O) groups excluding carboxylic acids is 1. The predicted octanol–water partition coefficient (Wildman–Crippen LogP) is 2.31. The zero-order valence-corrected chi connectivity index (χ0v) is 18.1. The first-order chi connectivity index (χ1) is 12.7. The zero-order chi connectivity index (χ0) is 19.6. The molecule has 10 heteroatoms. The minimum absolute atomic E-state index is 0.141. The summed E-state index contributed by atoms with van der Waals surface area (Å²) in [6.45, 7) is 7.75. The van der Waals surface area contributed by atoms with Gasteiger partial charge in [0.25, 0.3) is 0 Å². The van der Waals surface area contributed by atoms with Crippen LogP contribution < -0.4 is 4.72 Å². The van der Waals surface area contributed by atoms with E-state index in [0.29, 0.717) is 17.5 Å². The van der Waals surface area contributed by atoms with Gasteiger partial charge in [-0.2, -0.15) is 0 Å². The van der Waals surface area contributed by atoms with Crippen LogP contribution in [0.5, 0.6) is 0 Å². The normalized spacial score (nSPS) is 16.2. The number of nitrogens with one attached hydrogen (secondary N) is 1. The SMILES string of the molecule is CC(C)N1CCN(C(=O)CSc2nc3ccc(NS(C)(=O)=O)cc3s2)CC1. The number of thiazole rings is 1. The van der Waals surface area contributed by atoms with Crippen molar-refractivity contribution in [1.82, 2.24) is 14.8 Å². The second kappa shape index (κ2) is 8.34. The van der Waals surface area contributed by atoms with E-state index in [1.54, 1.807) is 18.2 Å². The molecule has 0 aliphatic carbocycles. The number of thioether (sulfide) groups is 1. The molecule has 1 aliphatic rings. The molecule has 148 valence electrons. The molecule has 1 fully saturated rings. The van der Waals surface area contributed by atoms with Gasteiger partial charge in [0.05, 0.1) is 27.9 Å². The van der Waals surface area contributed by atoms with Crippen molar-refractivity contribution in [1.29, 1.82) is 0 Å². The Balaban J connectivity index is 1.58. The van der Waals surface area contributed by atoms with Gasteiger partial charge in [0, 0.05) is 32.2 Å². The van der Waals surface area contributed by atoms with Gasteiger partial charge in [-0.15, -0.1) is 11.3 Å². The van der Waals surface area contributed by atoms with Crippen molar-refractivity contribution in [2.75, 3.05) is 42.9 Å². The van der Waals surface area contributed by atoms with Crippen LogP contribution in [0.25, 0.3) is 10.2 Å². The monoisotopic (exact) mass is 428 g/mol. The first-order valence-corrected chi connectivity index (χ1v) is 12.4. The number of piperazine rings is 1. The average Bonchev–Trinajstić information content (AvgIpc) is 3.00. The molecule has 27 heavy (non-hydrogen) atoms. The Labute approximate surface area is 168 Å². The van der Waals surface area contributed by atoms with Crippen LogP contribution in [0, 0.1) is 0 Å². The van der Waals surface area contributed by atoms with Crippen molar-refractivity contribution >= 4 is 54.9 Å². The molecule has 1 aliphatic heterocycles. The third kappa shape index (κ3) is 5.56. The fourth-order valence-corrected chi connectivity index (χ4v) is 5.51. The van der Waals surface area contributed by atoms with Crippen molar-refractivity contribution in [3.05, 3.63) is 18.2 Å². The number of hydrogen-bond donors (Lipinski definition) is 1. The lowest BCUT2D eigenvalue weighted by Crippen LogP contribution is -2.51. The Kier molecular flexibility index (Phi) is 6.29. The van der Waals surface area contributed by atoms with Crippen LogP contribution in [0.15, 0.2) is 22.5 Å². The standard InChI is InChI=1S/C17H24N4O3S3/c1-12(2)20-6-8-21(9-7-20)16(22)11-25-17-18-14-5-4-13(10-15(14)26-17)19-27(3,23)24/h4-5,10,12,19H,6-9,11H2,1-3H3. The second-order valence-electron chi connectivity index (χ2n) is 6.84. The Morgan fingerprint density at radius 2 is 2.00 bits per heavy atom. The summed E-state index contributed by atoms with van der Waals surface area (Å²) in [4.78, 5) is 21.3. The number of rotatable bonds is 6. The molecule has 0 radical (unpaired) electrons. The summed E-state index contributed by atoms with van der Waals surface area (Å²) in [5, 5.41) is 0. The molecular formula is C17H24N4O3S3. The Hall–Kier alpha value is -1.36. The van der Waals surface area contributed by atoms with Gasteiger partial charge in [-0.05, 0) is 32.0 Å². The molecule has 1 amide bonds. The van der Waals surface area contributed by atoms with Crippen molar-refractivity contribution in [2.45, 2.75) is 24.2 Å². The summed E-state index contributed by atoms with van der Waals surface area (Å²) >= 11 is 2.91. The third-order valence-electron chi connectivity index (χ3n) is 4.39. The highest BCUT2D eigenvalue weighted by Crippen LogP contribution is 2.31. The molecule has 0 bridgehead atoms. The molecule has 0 unspecified atom stereocenters. The summed E-state index contributed by atoms with van der Waals surface area (Å²) in [6.07, 6.45) is 1.12. The van der Waals surface area contributed by atoms with Crippen molar-refractivity contribution < 1.29 is 13.2 Å². The number of hydrogen-bond acceptors (Lipinski definition) is 7. The fourth-order valence-electron chi connectivity index (χ4n) is 2.95. The molecule has 1 N–H and O–H groups in total. The van der Waals surface area contributed by atoms with Crippen molar-refractivity contribution in [2.24, 2.45) is 0 Å². The molecule has 1 aromatic heterocycles. The molecule has 1 saturated heterocycles. The van der Waals surface area contributed by atoms with E-state index in [-0.39, 0.29) is 5.91 Å². The van der Waals surface area contributed by atoms with Gasteiger partial charge in [-0.1, -0.05) is 11.8 Å². The fraction of sp³-hybridized carbons (Fsp3) is 0.529. The highest BCUT2D eigenvalue weighted by atomic mass is 32.2. The van der Waals surface area contributed by atoms with Crippen molar-refractivity contribution in [3.8, 4) is 0 Å². The number of anilines is 1. The maximum atomic E-state index is 12.5. The van der Waals surface area contributed by atoms with E-state index >= 15 is 0 Å². The minimum atomic E-state index is -3.31. The van der Waals surface area contributed by atoms with E-state index in [9.17, 15) is 13.2 Å². The second-order valence-corrected chi connectivity index (χ2v) is 10.8. The van der Waals surface area contributed by atoms with Gasteiger partial charge in [-0.25, -0.2) is 13.4 Å². The quantitative estimate of drug-likeness (QED) is 0.711. The van der Waals surface area contributed by atoms with Crippen LogP contribution in [-0.4, -0.2) is 73.3 Å². The molecule has 0 atom stereocenters. The van der Waals surface area contributed by atoms with Crippen molar-refractivity contribution in [3.63, 3.8) is 0 Å². The third-order valence-corrected chi connectivity index (χ3v) is 7.14. The molecule has 0 saturated carbocycles. The summed E-state index contributed by atoms with van der Waals surface area (Å²) in [5.74, 6) is 0.512. The van der Waals surface area contributed by atoms with E-state index < -0.39 is 10.0 Å².